The number of nitrogens with one attached hydrogen (secondary N) is 2. The van der Waals surface area contributed by atoms with Crippen LogP contribution in [0.5, 0.6) is 0 Å². The van der Waals surface area contributed by atoms with E-state index in [2.05, 4.69) is 38.5 Å². The molecule has 0 aliphatic heterocycles. The molecule has 0 heterocycles. The Hall–Kier alpha value is -1.61. The zero-order chi connectivity index (χ0) is 18.4. The highest BCUT2D eigenvalue weighted by Gasteiger charge is 2.05. The number of benzene rings is 2. The van der Waals surface area contributed by atoms with Gasteiger partial charge in [0.05, 0.1) is 6.54 Å². The second kappa shape index (κ2) is 10.5. The Morgan fingerprint density at radius 2 is 1.73 bits per heavy atom. The molecule has 0 fully saturated rings. The number of nitrogens with zero attached hydrogens (tertiary/aromatic N) is 1. The summed E-state index contributed by atoms with van der Waals surface area (Å²) in [6, 6.07) is 11.8. The molecule has 2 aromatic rings. The maximum absolute atomic E-state index is 12.0. The van der Waals surface area contributed by atoms with Crippen LogP contribution in [0.2, 0.25) is 0 Å². The number of carbonyl (C=O) groups is 1. The first-order valence-electron chi connectivity index (χ1n) is 8.05. The fourth-order valence-corrected chi connectivity index (χ4v) is 2.59. The molecule has 0 saturated carbocycles. The van der Waals surface area contributed by atoms with Crippen molar-refractivity contribution in [1.29, 1.82) is 0 Å². The predicted octanol–water partition coefficient (Wildman–Crippen LogP) is 4.75. The molecule has 0 saturated heterocycles. The minimum absolute atomic E-state index is 0. The number of aliphatic imine (C=N–C) groups is 1. The number of halogens is 2. The molecule has 0 aliphatic carbocycles. The third-order valence-electron chi connectivity index (χ3n) is 3.87. The second-order valence-corrected chi connectivity index (χ2v) is 6.86. The Bertz CT molecular complexity index is 808. The molecule has 140 valence electrons. The van der Waals surface area contributed by atoms with Crippen molar-refractivity contribution in [2.24, 2.45) is 10.7 Å². The topological polar surface area (TPSA) is 79.5 Å². The lowest BCUT2D eigenvalue weighted by Gasteiger charge is -2.09. The molecule has 26 heavy (non-hydrogen) atoms. The summed E-state index contributed by atoms with van der Waals surface area (Å²) >= 11 is 3.40. The third kappa shape index (κ3) is 6.95. The Balaban J connectivity index is 0.00000338. The highest BCUT2D eigenvalue weighted by molar-refractivity contribution is 14.0. The van der Waals surface area contributed by atoms with E-state index in [1.54, 1.807) is 0 Å². The van der Waals surface area contributed by atoms with Crippen molar-refractivity contribution >= 4 is 63.1 Å². The molecule has 0 unspecified atom stereocenters. The number of anilines is 2. The lowest BCUT2D eigenvalue weighted by Crippen LogP contribution is -2.23. The van der Waals surface area contributed by atoms with Gasteiger partial charge in [0, 0.05) is 22.3 Å². The standard InChI is InChI=1S/C19H23BrN4O.HI/c1-12-5-7-16(10-14(12)3)23-19(21)22-9-8-18(25)24-17-11-15(20)6-4-13(17)2;/h4-7,10-11H,8-9H2,1-3H3,(H,24,25)(H3,21,22,23);1H. The van der Waals surface area contributed by atoms with Gasteiger partial charge in [0.15, 0.2) is 5.96 Å². The van der Waals surface area contributed by atoms with Crippen LogP contribution in [0.4, 0.5) is 11.4 Å². The van der Waals surface area contributed by atoms with Crippen LogP contribution in [0.25, 0.3) is 0 Å². The quantitative estimate of drug-likeness (QED) is 0.296. The zero-order valence-corrected chi connectivity index (χ0v) is 19.0. The minimum atomic E-state index is -0.0936. The lowest BCUT2D eigenvalue weighted by molar-refractivity contribution is -0.116. The van der Waals surface area contributed by atoms with E-state index >= 15 is 0 Å². The maximum atomic E-state index is 12.0. The van der Waals surface area contributed by atoms with Crippen LogP contribution in [0.3, 0.4) is 0 Å². The number of guanidine groups is 1. The average molecular weight is 531 g/mol. The van der Waals surface area contributed by atoms with Crippen LogP contribution >= 0.6 is 39.9 Å². The smallest absolute Gasteiger partial charge is 0.226 e. The second-order valence-electron chi connectivity index (χ2n) is 5.95. The van der Waals surface area contributed by atoms with Crippen molar-refractivity contribution in [3.8, 4) is 0 Å². The third-order valence-corrected chi connectivity index (χ3v) is 4.37. The van der Waals surface area contributed by atoms with Crippen LogP contribution in [-0.4, -0.2) is 18.4 Å². The number of aryl methyl sites for hydroxylation is 3. The monoisotopic (exact) mass is 530 g/mol. The molecule has 2 aromatic carbocycles. The van der Waals surface area contributed by atoms with Gasteiger partial charge in [0.1, 0.15) is 0 Å². The molecule has 0 radical (unpaired) electrons. The van der Waals surface area contributed by atoms with Crippen LogP contribution in [-0.2, 0) is 4.79 Å². The Kier molecular flexibility index (Phi) is 9.07. The molecule has 0 atom stereocenters. The first-order chi connectivity index (χ1) is 11.8. The Morgan fingerprint density at radius 3 is 2.42 bits per heavy atom. The molecule has 4 N–H and O–H groups in total. The Morgan fingerprint density at radius 1 is 1.04 bits per heavy atom. The molecule has 1 amide bonds. The highest BCUT2D eigenvalue weighted by atomic mass is 127. The van der Waals surface area contributed by atoms with Gasteiger partial charge < -0.3 is 16.4 Å². The van der Waals surface area contributed by atoms with Crippen molar-refractivity contribution < 1.29 is 4.79 Å². The van der Waals surface area contributed by atoms with Crippen LogP contribution in [0.1, 0.15) is 23.1 Å². The van der Waals surface area contributed by atoms with Gasteiger partial charge in [-0.2, -0.15) is 0 Å². The van der Waals surface area contributed by atoms with Gasteiger partial charge in [0.2, 0.25) is 5.91 Å². The van der Waals surface area contributed by atoms with Crippen molar-refractivity contribution in [2.45, 2.75) is 27.2 Å². The van der Waals surface area contributed by atoms with E-state index in [1.165, 1.54) is 11.1 Å². The number of hydrogen-bond acceptors (Lipinski definition) is 2. The predicted molar refractivity (Wildman–Crippen MR) is 124 cm³/mol. The molecular formula is C19H24BrIN4O. The molecule has 0 bridgehead atoms. The summed E-state index contributed by atoms with van der Waals surface area (Å²) < 4.78 is 0.924. The number of nitrogens with two attached hydrogens (primary N) is 1. The van der Waals surface area contributed by atoms with Crippen molar-refractivity contribution in [2.75, 3.05) is 17.2 Å². The van der Waals surface area contributed by atoms with Gasteiger partial charge in [-0.3, -0.25) is 9.79 Å². The first-order valence-corrected chi connectivity index (χ1v) is 8.84. The van der Waals surface area contributed by atoms with Gasteiger partial charge in [-0.1, -0.05) is 28.1 Å². The van der Waals surface area contributed by atoms with E-state index < -0.39 is 0 Å². The summed E-state index contributed by atoms with van der Waals surface area (Å²) in [5.41, 5.74) is 11.0. The van der Waals surface area contributed by atoms with E-state index in [0.29, 0.717) is 12.5 Å². The first kappa shape index (κ1) is 22.4. The van der Waals surface area contributed by atoms with E-state index in [9.17, 15) is 4.79 Å². The van der Waals surface area contributed by atoms with Gasteiger partial charge >= 0.3 is 0 Å². The zero-order valence-electron chi connectivity index (χ0n) is 15.1. The normalized spacial score (nSPS) is 10.8. The van der Waals surface area contributed by atoms with Crippen molar-refractivity contribution in [3.63, 3.8) is 0 Å². The summed E-state index contributed by atoms with van der Waals surface area (Å²) in [4.78, 5) is 16.2. The number of hydrogen-bond donors (Lipinski definition) is 3. The molecule has 0 aliphatic rings. The molecule has 5 nitrogen and oxygen atoms in total. The van der Waals surface area contributed by atoms with Gasteiger partial charge in [0.25, 0.3) is 0 Å². The molecule has 7 heteroatoms. The summed E-state index contributed by atoms with van der Waals surface area (Å²) in [5.74, 6) is 0.207. The maximum Gasteiger partial charge on any atom is 0.226 e. The van der Waals surface area contributed by atoms with E-state index in [0.717, 1.165) is 21.4 Å². The van der Waals surface area contributed by atoms with Gasteiger partial charge in [-0.15, -0.1) is 24.0 Å². The molecule has 0 spiro atoms. The fourth-order valence-electron chi connectivity index (χ4n) is 2.23. The summed E-state index contributed by atoms with van der Waals surface area (Å²) in [6.07, 6.45) is 0.265. The number of rotatable bonds is 5. The number of carbonyl (C=O) groups excluding carboxylic acids is 1. The fraction of sp³-hybridized carbons (Fsp3) is 0.263. The highest BCUT2D eigenvalue weighted by Crippen LogP contribution is 2.20. The van der Waals surface area contributed by atoms with Gasteiger partial charge in [-0.25, -0.2) is 0 Å². The summed E-state index contributed by atoms with van der Waals surface area (Å²) in [6.45, 7) is 6.37. The van der Waals surface area contributed by atoms with E-state index in [1.807, 2.05) is 50.2 Å². The summed E-state index contributed by atoms with van der Waals surface area (Å²) in [7, 11) is 0. The minimum Gasteiger partial charge on any atom is -0.370 e. The molecule has 0 aromatic heterocycles. The Labute approximate surface area is 180 Å². The molecular weight excluding hydrogens is 507 g/mol. The average Bonchev–Trinajstić information content (AvgIpc) is 2.54. The largest absolute Gasteiger partial charge is 0.370 e. The summed E-state index contributed by atoms with van der Waals surface area (Å²) in [5, 5.41) is 5.93. The van der Waals surface area contributed by atoms with E-state index in [4.69, 9.17) is 5.73 Å². The lowest BCUT2D eigenvalue weighted by atomic mass is 10.1. The number of amides is 1. The van der Waals surface area contributed by atoms with Crippen molar-refractivity contribution in [3.05, 3.63) is 57.6 Å². The van der Waals surface area contributed by atoms with Crippen LogP contribution in [0.15, 0.2) is 45.9 Å². The van der Waals surface area contributed by atoms with E-state index in [-0.39, 0.29) is 36.3 Å². The van der Waals surface area contributed by atoms with Crippen LogP contribution < -0.4 is 16.4 Å². The van der Waals surface area contributed by atoms with Crippen LogP contribution in [0, 0.1) is 20.8 Å². The van der Waals surface area contributed by atoms with Crippen molar-refractivity contribution in [1.82, 2.24) is 0 Å². The van der Waals surface area contributed by atoms with Gasteiger partial charge in [-0.05, 0) is 61.7 Å². The molecule has 2 rings (SSSR count). The SMILES string of the molecule is Cc1ccc(NC(N)=NCCC(=O)Nc2cc(Br)ccc2C)cc1C.I.